The van der Waals surface area contributed by atoms with E-state index in [2.05, 4.69) is 23.4 Å². The van der Waals surface area contributed by atoms with Crippen LogP contribution in [0.5, 0.6) is 0 Å². The van der Waals surface area contributed by atoms with Gasteiger partial charge in [0.15, 0.2) is 0 Å². The molecule has 2 aliphatic heterocycles. The highest BCUT2D eigenvalue weighted by atomic mass is 32.2. The Morgan fingerprint density at radius 3 is 3.00 bits per heavy atom. The van der Waals surface area contributed by atoms with Crippen molar-refractivity contribution in [1.29, 1.82) is 0 Å². The van der Waals surface area contributed by atoms with Gasteiger partial charge in [-0.15, -0.1) is 0 Å². The standard InChI is InChI=1S/C11H22N2S/c1-3-11-10-7-12-6-9(10)8-13(11)4-5-14-2/h9-12H,3-8H2,1-2H3. The van der Waals surface area contributed by atoms with Crippen molar-refractivity contribution >= 4 is 11.8 Å². The van der Waals surface area contributed by atoms with E-state index in [0.717, 1.165) is 17.9 Å². The minimum absolute atomic E-state index is 0.863. The molecular formula is C11H22N2S. The summed E-state index contributed by atoms with van der Waals surface area (Å²) in [7, 11) is 0. The van der Waals surface area contributed by atoms with Crippen LogP contribution in [-0.2, 0) is 0 Å². The average Bonchev–Trinajstić information content (AvgIpc) is 2.73. The molecule has 0 bridgehead atoms. The largest absolute Gasteiger partial charge is 0.316 e. The number of fused-ring (bicyclic) bond motifs is 1. The molecule has 0 aromatic heterocycles. The Kier molecular flexibility index (Phi) is 3.74. The van der Waals surface area contributed by atoms with Crippen molar-refractivity contribution in [3.63, 3.8) is 0 Å². The van der Waals surface area contributed by atoms with Gasteiger partial charge in [-0.1, -0.05) is 6.92 Å². The van der Waals surface area contributed by atoms with Gasteiger partial charge in [0, 0.05) is 24.9 Å². The Bertz CT molecular complexity index is 186. The molecule has 2 aliphatic rings. The third-order valence-corrected chi connectivity index (χ3v) is 4.42. The SMILES string of the molecule is CCC1C2CNCC2CN1CCSC. The van der Waals surface area contributed by atoms with Crippen LogP contribution in [-0.4, -0.2) is 49.1 Å². The summed E-state index contributed by atoms with van der Waals surface area (Å²) >= 11 is 1.97. The molecule has 2 rings (SSSR count). The van der Waals surface area contributed by atoms with E-state index in [9.17, 15) is 0 Å². The molecule has 2 heterocycles. The van der Waals surface area contributed by atoms with Gasteiger partial charge in [-0.2, -0.15) is 11.8 Å². The molecule has 0 aliphatic carbocycles. The van der Waals surface area contributed by atoms with Crippen molar-refractivity contribution in [1.82, 2.24) is 10.2 Å². The van der Waals surface area contributed by atoms with Crippen molar-refractivity contribution in [2.75, 3.05) is 38.2 Å². The van der Waals surface area contributed by atoms with Crippen LogP contribution in [0.2, 0.25) is 0 Å². The molecule has 2 fully saturated rings. The molecule has 14 heavy (non-hydrogen) atoms. The summed E-state index contributed by atoms with van der Waals surface area (Å²) in [6.07, 6.45) is 3.54. The Morgan fingerprint density at radius 1 is 1.43 bits per heavy atom. The van der Waals surface area contributed by atoms with Gasteiger partial charge in [0.25, 0.3) is 0 Å². The first-order valence-electron chi connectivity index (χ1n) is 5.80. The zero-order valence-corrected chi connectivity index (χ0v) is 10.1. The van der Waals surface area contributed by atoms with Crippen LogP contribution in [0, 0.1) is 11.8 Å². The Labute approximate surface area is 91.8 Å². The first-order valence-corrected chi connectivity index (χ1v) is 7.20. The molecule has 0 aromatic rings. The van der Waals surface area contributed by atoms with E-state index >= 15 is 0 Å². The van der Waals surface area contributed by atoms with E-state index in [0.29, 0.717) is 0 Å². The van der Waals surface area contributed by atoms with E-state index in [1.807, 2.05) is 11.8 Å². The van der Waals surface area contributed by atoms with Gasteiger partial charge in [0.05, 0.1) is 0 Å². The fourth-order valence-electron chi connectivity index (χ4n) is 3.14. The predicted molar refractivity (Wildman–Crippen MR) is 63.9 cm³/mol. The van der Waals surface area contributed by atoms with Gasteiger partial charge in [0.2, 0.25) is 0 Å². The summed E-state index contributed by atoms with van der Waals surface area (Å²) in [6.45, 7) is 7.51. The number of nitrogens with zero attached hydrogens (tertiary/aromatic N) is 1. The summed E-state index contributed by atoms with van der Waals surface area (Å²) in [5.74, 6) is 3.19. The number of hydrogen-bond acceptors (Lipinski definition) is 3. The van der Waals surface area contributed by atoms with Gasteiger partial charge in [0.1, 0.15) is 0 Å². The normalized spacial score (nSPS) is 37.7. The first-order chi connectivity index (χ1) is 6.86. The van der Waals surface area contributed by atoms with E-state index in [-0.39, 0.29) is 0 Å². The molecule has 0 saturated carbocycles. The van der Waals surface area contributed by atoms with Crippen LogP contribution >= 0.6 is 11.8 Å². The molecule has 3 unspecified atom stereocenters. The van der Waals surface area contributed by atoms with Gasteiger partial charge in [-0.25, -0.2) is 0 Å². The Balaban J connectivity index is 1.92. The third kappa shape index (κ3) is 1.95. The lowest BCUT2D eigenvalue weighted by atomic mass is 9.93. The topological polar surface area (TPSA) is 15.3 Å². The zero-order chi connectivity index (χ0) is 9.97. The van der Waals surface area contributed by atoms with E-state index in [1.54, 1.807) is 0 Å². The highest BCUT2D eigenvalue weighted by Crippen LogP contribution is 2.33. The van der Waals surface area contributed by atoms with E-state index in [4.69, 9.17) is 0 Å². The summed E-state index contributed by atoms with van der Waals surface area (Å²) in [5, 5.41) is 3.53. The number of thioether (sulfide) groups is 1. The molecule has 3 heteroatoms. The summed E-state index contributed by atoms with van der Waals surface area (Å²) in [6, 6.07) is 0.863. The van der Waals surface area contributed by atoms with E-state index in [1.165, 1.54) is 38.4 Å². The van der Waals surface area contributed by atoms with Crippen LogP contribution in [0.15, 0.2) is 0 Å². The maximum Gasteiger partial charge on any atom is 0.0137 e. The lowest BCUT2D eigenvalue weighted by Crippen LogP contribution is -2.36. The molecular weight excluding hydrogens is 192 g/mol. The first kappa shape index (κ1) is 10.8. The van der Waals surface area contributed by atoms with Gasteiger partial charge < -0.3 is 5.32 Å². The molecule has 0 spiro atoms. The minimum atomic E-state index is 0.863. The summed E-state index contributed by atoms with van der Waals surface area (Å²) in [4.78, 5) is 2.73. The molecule has 82 valence electrons. The lowest BCUT2D eigenvalue weighted by molar-refractivity contribution is 0.231. The van der Waals surface area contributed by atoms with Crippen LogP contribution in [0.3, 0.4) is 0 Å². The molecule has 0 radical (unpaired) electrons. The maximum absolute atomic E-state index is 3.53. The van der Waals surface area contributed by atoms with Gasteiger partial charge in [-0.3, -0.25) is 4.90 Å². The van der Waals surface area contributed by atoms with Gasteiger partial charge in [-0.05, 0) is 37.6 Å². The summed E-state index contributed by atoms with van der Waals surface area (Å²) in [5.41, 5.74) is 0. The Morgan fingerprint density at radius 2 is 2.29 bits per heavy atom. The lowest BCUT2D eigenvalue weighted by Gasteiger charge is -2.26. The highest BCUT2D eigenvalue weighted by Gasteiger charge is 2.42. The van der Waals surface area contributed by atoms with Crippen LogP contribution in [0.4, 0.5) is 0 Å². The van der Waals surface area contributed by atoms with Crippen LogP contribution < -0.4 is 5.32 Å². The molecule has 3 atom stereocenters. The van der Waals surface area contributed by atoms with Gasteiger partial charge >= 0.3 is 0 Å². The number of likely N-dealkylation sites (tertiary alicyclic amines) is 1. The maximum atomic E-state index is 3.53. The fourth-order valence-corrected chi connectivity index (χ4v) is 3.55. The Hall–Kier alpha value is 0.270. The second kappa shape index (κ2) is 4.86. The fraction of sp³-hybridized carbons (Fsp3) is 1.00. The quantitative estimate of drug-likeness (QED) is 0.759. The van der Waals surface area contributed by atoms with Crippen LogP contribution in [0.1, 0.15) is 13.3 Å². The predicted octanol–water partition coefficient (Wildman–Crippen LogP) is 1.28. The van der Waals surface area contributed by atoms with Crippen molar-refractivity contribution in [2.45, 2.75) is 19.4 Å². The number of hydrogen-bond donors (Lipinski definition) is 1. The van der Waals surface area contributed by atoms with Crippen molar-refractivity contribution in [3.05, 3.63) is 0 Å². The molecule has 1 N–H and O–H groups in total. The molecule has 0 aromatic carbocycles. The second-order valence-electron chi connectivity index (χ2n) is 4.55. The average molecular weight is 214 g/mol. The summed E-state index contributed by atoms with van der Waals surface area (Å²) < 4.78 is 0. The number of nitrogens with one attached hydrogen (secondary N) is 1. The molecule has 2 nitrogen and oxygen atoms in total. The van der Waals surface area contributed by atoms with Crippen molar-refractivity contribution < 1.29 is 0 Å². The monoisotopic (exact) mass is 214 g/mol. The molecule has 2 saturated heterocycles. The van der Waals surface area contributed by atoms with Crippen molar-refractivity contribution in [2.24, 2.45) is 11.8 Å². The van der Waals surface area contributed by atoms with E-state index < -0.39 is 0 Å². The second-order valence-corrected chi connectivity index (χ2v) is 5.53. The zero-order valence-electron chi connectivity index (χ0n) is 9.33. The number of rotatable bonds is 4. The minimum Gasteiger partial charge on any atom is -0.316 e. The smallest absolute Gasteiger partial charge is 0.0137 e. The highest BCUT2D eigenvalue weighted by molar-refractivity contribution is 7.98. The van der Waals surface area contributed by atoms with Crippen LogP contribution in [0.25, 0.3) is 0 Å². The van der Waals surface area contributed by atoms with Crippen molar-refractivity contribution in [3.8, 4) is 0 Å². The third-order valence-electron chi connectivity index (χ3n) is 3.83. The molecule has 0 amide bonds.